The summed E-state index contributed by atoms with van der Waals surface area (Å²) in [4.78, 5) is 3.70. The van der Waals surface area contributed by atoms with Gasteiger partial charge in [0.15, 0.2) is 5.82 Å². The molecule has 0 unspecified atom stereocenters. The van der Waals surface area contributed by atoms with Crippen molar-refractivity contribution in [2.45, 2.75) is 13.5 Å². The molecule has 8 heavy (non-hydrogen) atoms. The van der Waals surface area contributed by atoms with E-state index in [9.17, 15) is 0 Å². The molecule has 1 aromatic heterocycles. The van der Waals surface area contributed by atoms with Gasteiger partial charge in [-0.25, -0.2) is 0 Å². The molecule has 0 atom stereocenters. The number of aromatic nitrogens is 2. The fourth-order valence-corrected chi connectivity index (χ4v) is 0.406. The lowest BCUT2D eigenvalue weighted by atomic mass is 10.7. The van der Waals surface area contributed by atoms with Crippen LogP contribution in [0, 0.1) is 6.92 Å². The van der Waals surface area contributed by atoms with Crippen molar-refractivity contribution in [3.63, 3.8) is 0 Å². The van der Waals surface area contributed by atoms with Crippen LogP contribution in [-0.2, 0) is 6.61 Å². The van der Waals surface area contributed by atoms with E-state index in [0.29, 0.717) is 11.7 Å². The van der Waals surface area contributed by atoms with Gasteiger partial charge >= 0.3 is 0 Å². The van der Waals surface area contributed by atoms with E-state index in [0.717, 1.165) is 0 Å². The predicted octanol–water partition coefficient (Wildman–Crippen LogP) is -0.130. The number of nitrogens with zero attached hydrogens (tertiary/aromatic N) is 2. The van der Waals surface area contributed by atoms with Crippen molar-refractivity contribution in [2.75, 3.05) is 0 Å². The number of hydrogen-bond acceptors (Lipinski definition) is 4. The standard InChI is InChI=1S/C4H6N2O2/c1-3-5-4(2-7)6-8-3/h7H,2H2,1H3. The molecule has 44 valence electrons. The van der Waals surface area contributed by atoms with Crippen molar-refractivity contribution in [1.29, 1.82) is 0 Å². The molecular formula is C4H6N2O2. The van der Waals surface area contributed by atoms with E-state index < -0.39 is 0 Å². The highest BCUT2D eigenvalue weighted by molar-refractivity contribution is 4.79. The first-order chi connectivity index (χ1) is 3.83. The van der Waals surface area contributed by atoms with Crippen LogP contribution in [0.15, 0.2) is 4.52 Å². The Kier molecular flexibility index (Phi) is 1.26. The van der Waals surface area contributed by atoms with Crippen molar-refractivity contribution in [3.8, 4) is 0 Å². The molecule has 0 aliphatic heterocycles. The molecule has 0 aromatic carbocycles. The summed E-state index contributed by atoms with van der Waals surface area (Å²) in [5, 5.41) is 11.8. The maximum absolute atomic E-state index is 8.37. The Morgan fingerprint density at radius 3 is 2.75 bits per heavy atom. The van der Waals surface area contributed by atoms with Gasteiger partial charge < -0.3 is 9.63 Å². The van der Waals surface area contributed by atoms with Crippen LogP contribution in [0.3, 0.4) is 0 Å². The molecule has 0 aliphatic carbocycles. The van der Waals surface area contributed by atoms with E-state index in [-0.39, 0.29) is 6.61 Å². The molecule has 1 aromatic rings. The van der Waals surface area contributed by atoms with E-state index >= 15 is 0 Å². The minimum Gasteiger partial charge on any atom is -0.388 e. The highest BCUT2D eigenvalue weighted by Gasteiger charge is 1.96. The van der Waals surface area contributed by atoms with Crippen LogP contribution in [0.2, 0.25) is 0 Å². The molecule has 1 heterocycles. The third-order valence-electron chi connectivity index (χ3n) is 0.711. The maximum Gasteiger partial charge on any atom is 0.223 e. The lowest BCUT2D eigenvalue weighted by molar-refractivity contribution is 0.263. The van der Waals surface area contributed by atoms with Crippen LogP contribution in [0.1, 0.15) is 11.7 Å². The molecular weight excluding hydrogens is 108 g/mol. The maximum atomic E-state index is 8.37. The molecule has 0 aliphatic rings. The minimum atomic E-state index is -0.155. The van der Waals surface area contributed by atoms with Gasteiger partial charge in [-0.3, -0.25) is 0 Å². The van der Waals surface area contributed by atoms with E-state index in [1.165, 1.54) is 0 Å². The fraction of sp³-hybridized carbons (Fsp3) is 0.500. The molecule has 4 heteroatoms. The third-order valence-corrected chi connectivity index (χ3v) is 0.711. The van der Waals surface area contributed by atoms with E-state index in [1.807, 2.05) is 0 Å². The number of hydrogen-bond donors (Lipinski definition) is 1. The van der Waals surface area contributed by atoms with Crippen molar-refractivity contribution in [3.05, 3.63) is 11.7 Å². The van der Waals surface area contributed by atoms with Crippen LogP contribution in [-0.4, -0.2) is 15.2 Å². The smallest absolute Gasteiger partial charge is 0.223 e. The van der Waals surface area contributed by atoms with Gasteiger partial charge in [0.1, 0.15) is 6.61 Å². The first kappa shape index (κ1) is 5.24. The summed E-state index contributed by atoms with van der Waals surface area (Å²) in [5.41, 5.74) is 0. The highest BCUT2D eigenvalue weighted by Crippen LogP contribution is 1.92. The molecule has 4 nitrogen and oxygen atoms in total. The Morgan fingerprint density at radius 2 is 2.50 bits per heavy atom. The second-order valence-corrected chi connectivity index (χ2v) is 1.39. The Bertz CT molecular complexity index is 172. The zero-order valence-electron chi connectivity index (χ0n) is 4.46. The molecule has 0 amide bonds. The highest BCUT2D eigenvalue weighted by atomic mass is 16.5. The average molecular weight is 114 g/mol. The zero-order chi connectivity index (χ0) is 5.98. The van der Waals surface area contributed by atoms with Crippen molar-refractivity contribution in [1.82, 2.24) is 10.1 Å². The molecule has 1 N–H and O–H groups in total. The largest absolute Gasteiger partial charge is 0.388 e. The van der Waals surface area contributed by atoms with Gasteiger partial charge in [0.2, 0.25) is 5.89 Å². The van der Waals surface area contributed by atoms with Gasteiger partial charge in [-0.05, 0) is 0 Å². The van der Waals surface area contributed by atoms with Gasteiger partial charge in [0.05, 0.1) is 0 Å². The number of aryl methyl sites for hydroxylation is 1. The summed E-state index contributed by atoms with van der Waals surface area (Å²) in [6.45, 7) is 1.52. The predicted molar refractivity (Wildman–Crippen MR) is 25.0 cm³/mol. The summed E-state index contributed by atoms with van der Waals surface area (Å²) >= 11 is 0. The monoisotopic (exact) mass is 114 g/mol. The van der Waals surface area contributed by atoms with E-state index in [1.54, 1.807) is 6.92 Å². The van der Waals surface area contributed by atoms with Crippen molar-refractivity contribution in [2.24, 2.45) is 0 Å². The fourth-order valence-electron chi connectivity index (χ4n) is 0.406. The molecule has 0 bridgehead atoms. The quantitative estimate of drug-likeness (QED) is 0.552. The van der Waals surface area contributed by atoms with Crippen LogP contribution in [0.4, 0.5) is 0 Å². The van der Waals surface area contributed by atoms with E-state index in [2.05, 4.69) is 14.7 Å². The lowest BCUT2D eigenvalue weighted by Crippen LogP contribution is -1.83. The average Bonchev–Trinajstić information content (AvgIpc) is 2.14. The molecule has 0 fully saturated rings. The van der Waals surface area contributed by atoms with Gasteiger partial charge in [0, 0.05) is 6.92 Å². The third kappa shape index (κ3) is 0.840. The SMILES string of the molecule is Cc1nc(CO)no1. The second kappa shape index (κ2) is 1.92. The van der Waals surface area contributed by atoms with Gasteiger partial charge in [-0.1, -0.05) is 5.16 Å². The van der Waals surface area contributed by atoms with Crippen LogP contribution in [0.25, 0.3) is 0 Å². The summed E-state index contributed by atoms with van der Waals surface area (Å²) in [7, 11) is 0. The van der Waals surface area contributed by atoms with Crippen molar-refractivity contribution < 1.29 is 9.63 Å². The number of rotatable bonds is 1. The molecule has 0 radical (unpaired) electrons. The Labute approximate surface area is 46.1 Å². The first-order valence-electron chi connectivity index (χ1n) is 2.23. The van der Waals surface area contributed by atoms with Crippen LogP contribution < -0.4 is 0 Å². The Hall–Kier alpha value is -0.900. The Balaban J connectivity index is 2.84. The summed E-state index contributed by atoms with van der Waals surface area (Å²) in [6.07, 6.45) is 0. The summed E-state index contributed by atoms with van der Waals surface area (Å²) in [5.74, 6) is 0.816. The summed E-state index contributed by atoms with van der Waals surface area (Å²) in [6, 6.07) is 0. The lowest BCUT2D eigenvalue weighted by Gasteiger charge is -1.74. The molecule has 1 rings (SSSR count). The normalized spacial score (nSPS) is 9.75. The number of aliphatic hydroxyl groups is 1. The van der Waals surface area contributed by atoms with E-state index in [4.69, 9.17) is 5.11 Å². The van der Waals surface area contributed by atoms with Crippen LogP contribution in [0.5, 0.6) is 0 Å². The topological polar surface area (TPSA) is 59.2 Å². The van der Waals surface area contributed by atoms with Gasteiger partial charge in [-0.15, -0.1) is 0 Å². The van der Waals surface area contributed by atoms with Gasteiger partial charge in [-0.2, -0.15) is 4.98 Å². The Morgan fingerprint density at radius 1 is 1.75 bits per heavy atom. The van der Waals surface area contributed by atoms with Crippen molar-refractivity contribution >= 4 is 0 Å². The molecule has 0 saturated carbocycles. The minimum absolute atomic E-state index is 0.155. The summed E-state index contributed by atoms with van der Waals surface area (Å²) < 4.78 is 4.53. The van der Waals surface area contributed by atoms with Gasteiger partial charge in [0.25, 0.3) is 0 Å². The first-order valence-corrected chi connectivity index (χ1v) is 2.23. The molecule has 0 spiro atoms. The second-order valence-electron chi connectivity index (χ2n) is 1.39. The zero-order valence-corrected chi connectivity index (χ0v) is 4.46. The van der Waals surface area contributed by atoms with Crippen LogP contribution >= 0.6 is 0 Å². The molecule has 0 saturated heterocycles. The number of aliphatic hydroxyl groups excluding tert-OH is 1.